The van der Waals surface area contributed by atoms with E-state index < -0.39 is 40.7 Å². The summed E-state index contributed by atoms with van der Waals surface area (Å²) in [6.07, 6.45) is 4.84. The maximum atomic E-state index is 14.7. The Balaban J connectivity index is 0.747. The number of β-amino-alcohol motifs (C(OH)–C–C–N with tert-alkyl or cyclic N) is 1. The van der Waals surface area contributed by atoms with E-state index >= 15 is 0 Å². The van der Waals surface area contributed by atoms with Crippen molar-refractivity contribution in [1.29, 1.82) is 0 Å². The second-order valence-corrected chi connectivity index (χ2v) is 22.7. The predicted octanol–water partition coefficient (Wildman–Crippen LogP) is 6.77. The van der Waals surface area contributed by atoms with Gasteiger partial charge in [-0.1, -0.05) is 74.0 Å². The minimum absolute atomic E-state index is 0.0132. The van der Waals surface area contributed by atoms with Gasteiger partial charge in [-0.15, -0.1) is 27.8 Å². The standard InChI is InChI=1S/C54H66ClFN12O7S2/c1-34-47(77-33-61-34)36-13-11-35(12-14-36)29-59-49(71)42-27-39(69)32-68(42)50(72)48(53(2,3)4)64-45(70)17-20-57-21-24-74-25-23-67-31-38(65-66-67)30-60-51(73)54(28-37-7-5-10-44(62-37)63-52-58-22-26-76-52)18-15-40(16-19-54)75-43-9-6-8-41(55)46(43)56/h5-14,22,26,31,33,39-40,42,48,57,69H,15-21,23-25,27-30,32H2,1-4H3,(H,59,71)(H,60,73)(H,64,70)(H,58,62,63)/t39-,40?,42+,48-,54?/m1/s1. The summed E-state index contributed by atoms with van der Waals surface area (Å²) in [5.74, 6) is -1.16. The van der Waals surface area contributed by atoms with Gasteiger partial charge in [-0.25, -0.2) is 24.0 Å². The molecule has 0 radical (unpaired) electrons. The molecule has 0 unspecified atom stereocenters. The van der Waals surface area contributed by atoms with Gasteiger partial charge in [0, 0.05) is 62.7 Å². The number of anilines is 2. The quantitative estimate of drug-likeness (QED) is 0.0343. The fourth-order valence-electron chi connectivity index (χ4n) is 9.52. The SMILES string of the molecule is Cc1ncsc1-c1ccc(CNC(=O)[C@@H]2C[C@@H](O)CN2C(=O)[C@@H](NC(=O)CCNCCOCCn2cc(CNC(=O)C3(Cc4cccc(Nc5nccs5)n4)CCC(Oc4cccc(Cl)c4F)CC3)nn2)C(C)(C)C)cc1. The number of amides is 4. The summed E-state index contributed by atoms with van der Waals surface area (Å²) in [5, 5.41) is 37.0. The summed E-state index contributed by atoms with van der Waals surface area (Å²) < 4.78 is 28.2. The first-order valence-electron chi connectivity index (χ1n) is 25.8. The Kier molecular flexibility index (Phi) is 19.4. The summed E-state index contributed by atoms with van der Waals surface area (Å²) >= 11 is 9.04. The molecule has 8 rings (SSSR count). The Hall–Kier alpha value is -6.43. The number of pyridine rings is 1. The molecule has 2 aliphatic rings. The van der Waals surface area contributed by atoms with Crippen molar-refractivity contribution in [3.05, 3.63) is 117 Å². The van der Waals surface area contributed by atoms with E-state index in [0.717, 1.165) is 27.4 Å². The minimum atomic E-state index is -0.933. The van der Waals surface area contributed by atoms with Gasteiger partial charge in [0.05, 0.1) is 71.2 Å². The van der Waals surface area contributed by atoms with E-state index in [9.17, 15) is 28.7 Å². The number of hydrogen-bond donors (Lipinski definition) is 6. The highest BCUT2D eigenvalue weighted by atomic mass is 35.5. The van der Waals surface area contributed by atoms with Gasteiger partial charge in [0.1, 0.15) is 23.6 Å². The number of thiazole rings is 2. The monoisotopic (exact) mass is 1110 g/mol. The van der Waals surface area contributed by atoms with Crippen molar-refractivity contribution in [3.63, 3.8) is 0 Å². The van der Waals surface area contributed by atoms with Gasteiger partial charge in [0.15, 0.2) is 16.7 Å². The highest BCUT2D eigenvalue weighted by Crippen LogP contribution is 2.42. The van der Waals surface area contributed by atoms with Crippen LogP contribution in [0, 0.1) is 23.6 Å². The predicted molar refractivity (Wildman–Crippen MR) is 292 cm³/mol. The van der Waals surface area contributed by atoms with Crippen LogP contribution in [0.25, 0.3) is 10.4 Å². The average molecular weight is 1110 g/mol. The van der Waals surface area contributed by atoms with Crippen molar-refractivity contribution < 1.29 is 38.1 Å². The smallest absolute Gasteiger partial charge is 0.246 e. The summed E-state index contributed by atoms with van der Waals surface area (Å²) in [5.41, 5.74) is 4.51. The van der Waals surface area contributed by atoms with Gasteiger partial charge in [-0.05, 0) is 73.4 Å². The molecular weight excluding hydrogens is 1050 g/mol. The molecule has 0 bridgehead atoms. The van der Waals surface area contributed by atoms with Crippen molar-refractivity contribution in [1.82, 2.24) is 56.1 Å². The third-order valence-electron chi connectivity index (χ3n) is 13.7. The van der Waals surface area contributed by atoms with E-state index in [1.807, 2.05) is 81.1 Å². The summed E-state index contributed by atoms with van der Waals surface area (Å²) in [6.45, 7) is 9.83. The van der Waals surface area contributed by atoms with Gasteiger partial charge >= 0.3 is 0 Å². The average Bonchev–Trinajstić information content (AvgIpc) is 4.27. The molecule has 410 valence electrons. The second kappa shape index (κ2) is 26.3. The third-order valence-corrected chi connectivity index (χ3v) is 15.7. The van der Waals surface area contributed by atoms with E-state index in [4.69, 9.17) is 26.1 Å². The van der Waals surface area contributed by atoms with Gasteiger partial charge < -0.3 is 46.1 Å². The molecule has 4 aromatic heterocycles. The molecule has 0 spiro atoms. The first kappa shape index (κ1) is 56.8. The lowest BCUT2D eigenvalue weighted by Crippen LogP contribution is -2.57. The first-order chi connectivity index (χ1) is 37.0. The number of aliphatic hydroxyl groups excluding tert-OH is 1. The number of benzene rings is 2. The Labute approximate surface area is 460 Å². The topological polar surface area (TPSA) is 240 Å². The van der Waals surface area contributed by atoms with Crippen molar-refractivity contribution in [3.8, 4) is 16.2 Å². The van der Waals surface area contributed by atoms with Crippen LogP contribution in [-0.4, -0.2) is 121 Å². The highest BCUT2D eigenvalue weighted by molar-refractivity contribution is 7.13. The molecule has 1 aliphatic heterocycles. The highest BCUT2D eigenvalue weighted by Gasteiger charge is 2.45. The number of likely N-dealkylation sites (tertiary alicyclic amines) is 1. The Bertz CT molecular complexity index is 2930. The van der Waals surface area contributed by atoms with Crippen molar-refractivity contribution in [2.24, 2.45) is 10.8 Å². The van der Waals surface area contributed by atoms with Gasteiger partial charge in [-0.2, -0.15) is 0 Å². The summed E-state index contributed by atoms with van der Waals surface area (Å²) in [7, 11) is 0. The fraction of sp³-hybridized carbons (Fsp3) is 0.463. The zero-order chi connectivity index (χ0) is 54.5. The van der Waals surface area contributed by atoms with Crippen LogP contribution in [-0.2, 0) is 50.0 Å². The van der Waals surface area contributed by atoms with E-state index in [-0.39, 0.29) is 67.1 Å². The molecule has 4 amide bonds. The minimum Gasteiger partial charge on any atom is -0.487 e. The molecule has 5 heterocycles. The molecule has 19 nitrogen and oxygen atoms in total. The molecule has 1 saturated carbocycles. The van der Waals surface area contributed by atoms with Crippen molar-refractivity contribution >= 4 is 68.9 Å². The lowest BCUT2D eigenvalue weighted by molar-refractivity contribution is -0.144. The molecule has 6 aromatic rings. The normalized spacial score (nSPS) is 18.9. The molecule has 2 aromatic carbocycles. The Morgan fingerprint density at radius 3 is 2.49 bits per heavy atom. The number of nitrogens with one attached hydrogen (secondary N) is 5. The lowest BCUT2D eigenvalue weighted by atomic mass is 9.69. The number of aromatic nitrogens is 6. The van der Waals surface area contributed by atoms with Crippen LogP contribution in [0.2, 0.25) is 5.02 Å². The number of aryl methyl sites for hydroxylation is 1. The van der Waals surface area contributed by atoms with Crippen LogP contribution in [0.4, 0.5) is 15.3 Å². The summed E-state index contributed by atoms with van der Waals surface area (Å²) in [4.78, 5) is 70.9. The maximum absolute atomic E-state index is 14.7. The number of carbonyl (C=O) groups excluding carboxylic acids is 4. The zero-order valence-corrected chi connectivity index (χ0v) is 46.0. The molecule has 1 aliphatic carbocycles. The largest absolute Gasteiger partial charge is 0.487 e. The van der Waals surface area contributed by atoms with Crippen LogP contribution in [0.1, 0.15) is 81.9 Å². The number of ether oxygens (including phenoxy) is 2. The summed E-state index contributed by atoms with van der Waals surface area (Å²) in [6, 6.07) is 16.4. The molecule has 23 heteroatoms. The number of aliphatic hydroxyl groups is 1. The van der Waals surface area contributed by atoms with Gasteiger partial charge in [-0.3, -0.25) is 19.2 Å². The number of rotatable bonds is 24. The van der Waals surface area contributed by atoms with Crippen LogP contribution in [0.3, 0.4) is 0 Å². The van der Waals surface area contributed by atoms with Crippen LogP contribution >= 0.6 is 34.3 Å². The fourth-order valence-corrected chi connectivity index (χ4v) is 11.0. The maximum Gasteiger partial charge on any atom is 0.246 e. The molecule has 1 saturated heterocycles. The Morgan fingerprint density at radius 1 is 0.961 bits per heavy atom. The van der Waals surface area contributed by atoms with E-state index in [0.29, 0.717) is 81.6 Å². The molecule has 3 atom stereocenters. The molecule has 2 fully saturated rings. The third kappa shape index (κ3) is 15.4. The van der Waals surface area contributed by atoms with Crippen molar-refractivity contribution in [2.45, 2.75) is 117 Å². The number of halogens is 2. The van der Waals surface area contributed by atoms with E-state index in [1.54, 1.807) is 40.5 Å². The van der Waals surface area contributed by atoms with Crippen molar-refractivity contribution in [2.75, 3.05) is 38.2 Å². The number of nitrogens with zero attached hydrogens (tertiary/aromatic N) is 7. The molecular formula is C54H66ClFN12O7S2. The van der Waals surface area contributed by atoms with E-state index in [1.165, 1.54) is 22.3 Å². The zero-order valence-electron chi connectivity index (χ0n) is 43.6. The van der Waals surface area contributed by atoms with Crippen LogP contribution in [0.15, 0.2) is 83.9 Å². The Morgan fingerprint density at radius 2 is 1.75 bits per heavy atom. The number of carbonyl (C=O) groups is 4. The van der Waals surface area contributed by atoms with Crippen LogP contribution < -0.4 is 31.3 Å². The molecule has 6 N–H and O–H groups in total. The number of hydrogen-bond acceptors (Lipinski definition) is 16. The van der Waals surface area contributed by atoms with E-state index in [2.05, 4.69) is 46.9 Å². The van der Waals surface area contributed by atoms with Gasteiger partial charge in [0.2, 0.25) is 23.6 Å². The molecule has 77 heavy (non-hydrogen) atoms. The second-order valence-electron chi connectivity index (χ2n) is 20.5. The first-order valence-corrected chi connectivity index (χ1v) is 27.9. The lowest BCUT2D eigenvalue weighted by Gasteiger charge is -2.39. The van der Waals surface area contributed by atoms with Crippen LogP contribution in [0.5, 0.6) is 5.75 Å². The van der Waals surface area contributed by atoms with Gasteiger partial charge in [0.25, 0.3) is 0 Å².